The molecule has 4 aromatic rings. The van der Waals surface area contributed by atoms with Crippen molar-refractivity contribution in [2.24, 2.45) is 0 Å². The summed E-state index contributed by atoms with van der Waals surface area (Å²) in [6.45, 7) is 9.01. The van der Waals surface area contributed by atoms with Gasteiger partial charge < -0.3 is 19.8 Å². The van der Waals surface area contributed by atoms with E-state index in [0.29, 0.717) is 26.0 Å². The number of aromatic nitrogens is 2. The lowest BCUT2D eigenvalue weighted by Gasteiger charge is -2.32. The topological polar surface area (TPSA) is 99.0 Å². The first-order chi connectivity index (χ1) is 21.9. The van der Waals surface area contributed by atoms with E-state index in [9.17, 15) is 15.0 Å². The highest BCUT2D eigenvalue weighted by atomic mass is 16.5. The largest absolute Gasteiger partial charge is 0.493 e. The number of hydrogen-bond donors (Lipinski definition) is 2. The molecular formula is C37H44N4O4. The summed E-state index contributed by atoms with van der Waals surface area (Å²) in [5.74, 6) is 0.172. The summed E-state index contributed by atoms with van der Waals surface area (Å²) >= 11 is 0. The summed E-state index contributed by atoms with van der Waals surface area (Å²) in [6.07, 6.45) is 8.69. The Morgan fingerprint density at radius 1 is 1.00 bits per heavy atom. The molecule has 0 amide bonds. The number of β-amino-alcohol motifs (C(OH)–C–C–N with tert-alkyl or cyclic N) is 1. The Labute approximate surface area is 265 Å². The average molecular weight is 609 g/mol. The highest BCUT2D eigenvalue weighted by Gasteiger charge is 2.28. The number of fused-ring (bicyclic) bond motifs is 1. The Balaban J connectivity index is 1.17. The first kappa shape index (κ1) is 31.1. The zero-order chi connectivity index (χ0) is 31.3. The Bertz CT molecular complexity index is 1660. The van der Waals surface area contributed by atoms with Crippen LogP contribution >= 0.6 is 0 Å². The summed E-state index contributed by atoms with van der Waals surface area (Å²) in [6, 6.07) is 16.4. The lowest BCUT2D eigenvalue weighted by Crippen LogP contribution is -2.44. The summed E-state index contributed by atoms with van der Waals surface area (Å²) in [5, 5.41) is 20.5. The third kappa shape index (κ3) is 7.19. The van der Waals surface area contributed by atoms with Gasteiger partial charge in [-0.3, -0.25) is 19.7 Å². The van der Waals surface area contributed by atoms with E-state index in [0.717, 1.165) is 85.3 Å². The molecule has 2 aromatic heterocycles. The molecule has 236 valence electrons. The van der Waals surface area contributed by atoms with Crippen molar-refractivity contribution in [3.63, 3.8) is 0 Å². The standard InChI is InChI=1S/C37H44N4O4/c1-25-28(8-5-9-31(25)32-10-6-12-35(26(32)2)45-19-7-16-40-18-14-30(42)24-40)21-33-36-29(13-15-38-33)20-27(22-39-36)23-41-17-4-3-11-34(41)37(43)44/h5-6,8-10,12-13,15,20,22,30,34,42H,3-4,7,11,14,16-19,21,23-24H2,1-2H3,(H,43,44). The van der Waals surface area contributed by atoms with E-state index < -0.39 is 12.0 Å². The quantitative estimate of drug-likeness (QED) is 0.207. The SMILES string of the molecule is Cc1c(Cc2nccc3cc(CN4CCCCC4C(=O)O)cnc23)cccc1-c1cccc(OCCCN2CCC(O)C2)c1C. The van der Waals surface area contributed by atoms with Crippen LogP contribution in [0.1, 0.15) is 60.1 Å². The van der Waals surface area contributed by atoms with E-state index in [4.69, 9.17) is 14.7 Å². The van der Waals surface area contributed by atoms with E-state index in [1.54, 1.807) is 0 Å². The van der Waals surface area contributed by atoms with Crippen LogP contribution in [0.15, 0.2) is 60.9 Å². The second-order valence-electron chi connectivity index (χ2n) is 12.6. The zero-order valence-corrected chi connectivity index (χ0v) is 26.4. The van der Waals surface area contributed by atoms with E-state index >= 15 is 0 Å². The molecule has 2 aromatic carbocycles. The highest BCUT2D eigenvalue weighted by molar-refractivity contribution is 5.81. The minimum absolute atomic E-state index is 0.186. The van der Waals surface area contributed by atoms with E-state index in [2.05, 4.69) is 60.0 Å². The number of benzene rings is 2. The smallest absolute Gasteiger partial charge is 0.320 e. The van der Waals surface area contributed by atoms with Gasteiger partial charge in [0.15, 0.2) is 0 Å². The van der Waals surface area contributed by atoms with Crippen LogP contribution in [0.5, 0.6) is 5.75 Å². The fraction of sp³-hybridized carbons (Fsp3) is 0.432. The molecule has 2 atom stereocenters. The highest BCUT2D eigenvalue weighted by Crippen LogP contribution is 2.34. The van der Waals surface area contributed by atoms with Gasteiger partial charge in [-0.05, 0) is 97.7 Å². The number of aliphatic hydroxyl groups excluding tert-OH is 1. The molecule has 0 spiro atoms. The summed E-state index contributed by atoms with van der Waals surface area (Å²) < 4.78 is 6.24. The second kappa shape index (κ2) is 14.1. The number of carbonyl (C=O) groups is 1. The van der Waals surface area contributed by atoms with Crippen LogP contribution in [0.25, 0.3) is 22.0 Å². The first-order valence-corrected chi connectivity index (χ1v) is 16.3. The Kier molecular flexibility index (Phi) is 9.73. The Morgan fingerprint density at radius 2 is 1.82 bits per heavy atom. The van der Waals surface area contributed by atoms with E-state index in [1.165, 1.54) is 22.3 Å². The summed E-state index contributed by atoms with van der Waals surface area (Å²) in [5.41, 5.74) is 8.74. The van der Waals surface area contributed by atoms with Gasteiger partial charge in [0.25, 0.3) is 0 Å². The molecule has 2 unspecified atom stereocenters. The number of pyridine rings is 2. The van der Waals surface area contributed by atoms with E-state index in [1.807, 2.05) is 24.5 Å². The predicted molar refractivity (Wildman–Crippen MR) is 177 cm³/mol. The maximum atomic E-state index is 11.8. The molecule has 0 bridgehead atoms. The van der Waals surface area contributed by atoms with Crippen LogP contribution in [0.4, 0.5) is 0 Å². The number of aliphatic hydroxyl groups is 1. The van der Waals surface area contributed by atoms with Crippen LogP contribution in [-0.2, 0) is 17.8 Å². The second-order valence-corrected chi connectivity index (χ2v) is 12.6. The molecule has 8 heteroatoms. The molecule has 4 heterocycles. The van der Waals surface area contributed by atoms with Crippen molar-refractivity contribution in [3.8, 4) is 16.9 Å². The zero-order valence-electron chi connectivity index (χ0n) is 26.4. The number of nitrogens with zero attached hydrogens (tertiary/aromatic N) is 4. The van der Waals surface area contributed by atoms with Crippen LogP contribution in [0, 0.1) is 13.8 Å². The molecule has 6 rings (SSSR count). The molecule has 2 aliphatic heterocycles. The fourth-order valence-corrected chi connectivity index (χ4v) is 6.97. The molecule has 2 N–H and O–H groups in total. The molecule has 0 saturated carbocycles. The monoisotopic (exact) mass is 608 g/mol. The third-order valence-corrected chi connectivity index (χ3v) is 9.52. The van der Waals surface area contributed by atoms with E-state index in [-0.39, 0.29) is 6.10 Å². The minimum Gasteiger partial charge on any atom is -0.493 e. The lowest BCUT2D eigenvalue weighted by molar-refractivity contribution is -0.144. The molecular weight excluding hydrogens is 564 g/mol. The third-order valence-electron chi connectivity index (χ3n) is 9.52. The number of carboxylic acid groups (broad SMARTS) is 1. The number of aliphatic carboxylic acids is 1. The molecule has 2 saturated heterocycles. The molecule has 8 nitrogen and oxygen atoms in total. The normalized spacial score (nSPS) is 19.3. The summed E-state index contributed by atoms with van der Waals surface area (Å²) in [7, 11) is 0. The van der Waals surface area contributed by atoms with Crippen LogP contribution in [0.2, 0.25) is 0 Å². The fourth-order valence-electron chi connectivity index (χ4n) is 6.97. The average Bonchev–Trinajstić information content (AvgIpc) is 3.46. The Morgan fingerprint density at radius 3 is 2.62 bits per heavy atom. The number of piperidine rings is 1. The van der Waals surface area contributed by atoms with Gasteiger partial charge in [0.2, 0.25) is 0 Å². The molecule has 0 radical (unpaired) electrons. The number of hydrogen-bond acceptors (Lipinski definition) is 7. The van der Waals surface area contributed by atoms with Gasteiger partial charge in [0.1, 0.15) is 11.8 Å². The van der Waals surface area contributed by atoms with Gasteiger partial charge >= 0.3 is 5.97 Å². The van der Waals surface area contributed by atoms with Crippen molar-refractivity contribution in [3.05, 3.63) is 88.9 Å². The van der Waals surface area contributed by atoms with Crippen LogP contribution in [-0.4, -0.2) is 80.9 Å². The van der Waals surface area contributed by atoms with Gasteiger partial charge in [-0.15, -0.1) is 0 Å². The van der Waals surface area contributed by atoms with Gasteiger partial charge in [-0.25, -0.2) is 0 Å². The number of likely N-dealkylation sites (tertiary alicyclic amines) is 2. The molecule has 2 aliphatic rings. The van der Waals surface area contributed by atoms with Crippen molar-refractivity contribution >= 4 is 16.9 Å². The first-order valence-electron chi connectivity index (χ1n) is 16.3. The molecule has 0 aliphatic carbocycles. The predicted octanol–water partition coefficient (Wildman–Crippen LogP) is 5.78. The molecule has 2 fully saturated rings. The van der Waals surface area contributed by atoms with Gasteiger partial charge in [0, 0.05) is 50.4 Å². The van der Waals surface area contributed by atoms with Crippen molar-refractivity contribution in [2.45, 2.75) is 71.1 Å². The Hall–Kier alpha value is -3.85. The van der Waals surface area contributed by atoms with Crippen molar-refractivity contribution in [2.75, 3.05) is 32.8 Å². The van der Waals surface area contributed by atoms with Gasteiger partial charge in [-0.1, -0.05) is 36.8 Å². The molecule has 45 heavy (non-hydrogen) atoms. The number of ether oxygens (including phenoxy) is 1. The van der Waals surface area contributed by atoms with Gasteiger partial charge in [0.05, 0.1) is 23.9 Å². The minimum atomic E-state index is -0.739. The van der Waals surface area contributed by atoms with Crippen molar-refractivity contribution in [1.29, 1.82) is 0 Å². The van der Waals surface area contributed by atoms with Gasteiger partial charge in [-0.2, -0.15) is 0 Å². The number of carboxylic acids is 1. The van der Waals surface area contributed by atoms with Crippen LogP contribution in [0.3, 0.4) is 0 Å². The maximum absolute atomic E-state index is 11.8. The van der Waals surface area contributed by atoms with Crippen molar-refractivity contribution in [1.82, 2.24) is 19.8 Å². The number of rotatable bonds is 11. The lowest BCUT2D eigenvalue weighted by atomic mass is 9.91. The maximum Gasteiger partial charge on any atom is 0.320 e. The summed E-state index contributed by atoms with van der Waals surface area (Å²) in [4.78, 5) is 25.7. The van der Waals surface area contributed by atoms with Crippen molar-refractivity contribution < 1.29 is 19.7 Å². The van der Waals surface area contributed by atoms with Crippen LogP contribution < -0.4 is 4.74 Å².